The molecule has 0 heterocycles. The highest BCUT2D eigenvalue weighted by molar-refractivity contribution is 6.60. The van der Waals surface area contributed by atoms with E-state index < -0.39 is 20.9 Å². The first kappa shape index (κ1) is 18.0. The fourth-order valence-electron chi connectivity index (χ4n) is 0.627. The van der Waals surface area contributed by atoms with Gasteiger partial charge < -0.3 is 0 Å². The summed E-state index contributed by atoms with van der Waals surface area (Å²) >= 11 is 17.9. The van der Waals surface area contributed by atoms with Crippen LogP contribution in [0.25, 0.3) is 0 Å². The van der Waals surface area contributed by atoms with Crippen LogP contribution in [0.3, 0.4) is 0 Å². The Balaban J connectivity index is 0.000000331. The molecular formula is C9H5Cl4F5. The van der Waals surface area contributed by atoms with Gasteiger partial charge in [-0.1, -0.05) is 76.7 Å². The number of alkyl halides is 9. The van der Waals surface area contributed by atoms with Gasteiger partial charge in [-0.05, 0) is 0 Å². The zero-order valence-corrected chi connectivity index (χ0v) is 11.3. The number of rotatable bonds is 1. The maximum Gasteiger partial charge on any atom is 0.416 e. The molecule has 0 saturated carbocycles. The van der Waals surface area contributed by atoms with Crippen LogP contribution in [0.2, 0.25) is 0 Å². The van der Waals surface area contributed by atoms with Gasteiger partial charge in [0.05, 0.1) is 5.56 Å². The summed E-state index contributed by atoms with van der Waals surface area (Å²) < 4.78 is 52.4. The Morgan fingerprint density at radius 2 is 1.00 bits per heavy atom. The zero-order valence-electron chi connectivity index (χ0n) is 8.29. The minimum atomic E-state index is -4.21. The number of halogens is 9. The van der Waals surface area contributed by atoms with Crippen molar-refractivity contribution < 1.29 is 22.0 Å². The molecule has 0 fully saturated rings. The van der Waals surface area contributed by atoms with Crippen molar-refractivity contribution in [3.05, 3.63) is 35.9 Å². The van der Waals surface area contributed by atoms with Crippen LogP contribution in [-0.4, -0.2) is 9.17 Å². The summed E-state index contributed by atoms with van der Waals surface area (Å²) in [5.41, 5.74) is -0.602. The Labute approximate surface area is 120 Å². The predicted octanol–water partition coefficient (Wildman–Crippen LogP) is 5.89. The average molecular weight is 350 g/mol. The molecule has 0 atom stereocenters. The molecule has 0 saturated heterocycles. The highest BCUT2D eigenvalue weighted by Gasteiger charge is 2.48. The van der Waals surface area contributed by atoms with Crippen molar-refractivity contribution in [1.82, 2.24) is 0 Å². The van der Waals surface area contributed by atoms with Crippen LogP contribution < -0.4 is 0 Å². The molecule has 0 aliphatic carbocycles. The second-order valence-corrected chi connectivity index (χ2v) is 5.33. The summed E-state index contributed by atoms with van der Waals surface area (Å²) in [6.07, 6.45) is -4.21. The van der Waals surface area contributed by atoms with E-state index in [1.54, 1.807) is 6.07 Å². The van der Waals surface area contributed by atoms with E-state index in [0.717, 1.165) is 12.1 Å². The Bertz CT molecular complexity index is 340. The van der Waals surface area contributed by atoms with E-state index in [-0.39, 0.29) is 0 Å². The third kappa shape index (κ3) is 6.83. The molecule has 1 rings (SSSR count). The highest BCUT2D eigenvalue weighted by Crippen LogP contribution is 2.44. The zero-order chi connectivity index (χ0) is 14.6. The monoisotopic (exact) mass is 348 g/mol. The molecule has 0 aromatic heterocycles. The van der Waals surface area contributed by atoms with Gasteiger partial charge in [-0.2, -0.15) is 13.2 Å². The predicted molar refractivity (Wildman–Crippen MR) is 62.5 cm³/mol. The molecule has 1 aromatic rings. The van der Waals surface area contributed by atoms with Gasteiger partial charge in [-0.25, -0.2) is 8.78 Å². The van der Waals surface area contributed by atoms with Gasteiger partial charge in [0.25, 0.3) is 0 Å². The summed E-state index contributed by atoms with van der Waals surface area (Å²) in [6, 6.07) is 6.36. The van der Waals surface area contributed by atoms with E-state index in [1.165, 1.54) is 12.1 Å². The van der Waals surface area contributed by atoms with Gasteiger partial charge in [0, 0.05) is 0 Å². The van der Waals surface area contributed by atoms with Crippen LogP contribution in [0.1, 0.15) is 5.56 Å². The maximum atomic E-state index is 11.8. The fraction of sp³-hybridized carbons (Fsp3) is 0.333. The third-order valence-electron chi connectivity index (χ3n) is 1.42. The average Bonchev–Trinajstić information content (AvgIpc) is 2.15. The van der Waals surface area contributed by atoms with Gasteiger partial charge >= 0.3 is 15.4 Å². The number of benzene rings is 1. The molecule has 0 N–H and O–H groups in total. The van der Waals surface area contributed by atoms with E-state index in [1.807, 2.05) is 0 Å². The summed E-state index contributed by atoms with van der Waals surface area (Å²) in [5.74, 6) is 0. The summed E-state index contributed by atoms with van der Waals surface area (Å²) in [7, 11) is 0. The van der Waals surface area contributed by atoms with Gasteiger partial charge in [-0.3, -0.25) is 0 Å². The molecular weight excluding hydrogens is 345 g/mol. The first-order chi connectivity index (χ1) is 7.86. The summed E-state index contributed by atoms with van der Waals surface area (Å²) in [5, 5.41) is 0. The molecule has 0 amide bonds. The Morgan fingerprint density at radius 1 is 0.667 bits per heavy atom. The van der Waals surface area contributed by atoms with E-state index in [0.29, 0.717) is 0 Å². The van der Waals surface area contributed by atoms with Gasteiger partial charge in [-0.15, -0.1) is 0 Å². The lowest BCUT2D eigenvalue weighted by molar-refractivity contribution is -0.137. The molecule has 1 aromatic carbocycles. The fourth-order valence-corrected chi connectivity index (χ4v) is 0.627. The van der Waals surface area contributed by atoms with Crippen LogP contribution in [0.5, 0.6) is 0 Å². The normalized spacial score (nSPS) is 12.7. The standard InChI is InChI=1S/C7H5F3.C2Cl4F2/c8-7(9,10)6-4-2-1-3-5-6;3-1(4,7)2(5,6)8/h1-5H;. The van der Waals surface area contributed by atoms with Crippen LogP contribution >= 0.6 is 46.4 Å². The molecule has 0 unspecified atom stereocenters. The second kappa shape index (κ2) is 6.46. The molecule has 0 nitrogen and oxygen atoms in total. The lowest BCUT2D eigenvalue weighted by Gasteiger charge is -2.15. The van der Waals surface area contributed by atoms with Gasteiger partial charge in [0.2, 0.25) is 0 Å². The van der Waals surface area contributed by atoms with E-state index >= 15 is 0 Å². The third-order valence-corrected chi connectivity index (χ3v) is 2.85. The topological polar surface area (TPSA) is 0 Å². The van der Waals surface area contributed by atoms with E-state index in [4.69, 9.17) is 0 Å². The van der Waals surface area contributed by atoms with Crippen LogP contribution in [0.15, 0.2) is 30.3 Å². The lowest BCUT2D eigenvalue weighted by Crippen LogP contribution is -2.26. The highest BCUT2D eigenvalue weighted by atomic mass is 35.5. The lowest BCUT2D eigenvalue weighted by atomic mass is 10.2. The largest absolute Gasteiger partial charge is 0.416 e. The first-order valence-corrected chi connectivity index (χ1v) is 5.62. The van der Waals surface area contributed by atoms with Gasteiger partial charge in [0.15, 0.2) is 0 Å². The Hall–Kier alpha value is 0.0300. The van der Waals surface area contributed by atoms with Crippen molar-refractivity contribution in [2.75, 3.05) is 0 Å². The Morgan fingerprint density at radius 3 is 1.17 bits per heavy atom. The number of hydrogen-bond donors (Lipinski definition) is 0. The van der Waals surface area contributed by atoms with Crippen molar-refractivity contribution in [2.45, 2.75) is 15.4 Å². The minimum Gasteiger partial charge on any atom is -0.201 e. The first-order valence-electron chi connectivity index (χ1n) is 4.11. The molecule has 0 bridgehead atoms. The van der Waals surface area contributed by atoms with Crippen LogP contribution in [0.4, 0.5) is 22.0 Å². The van der Waals surface area contributed by atoms with Crippen molar-refractivity contribution in [1.29, 1.82) is 0 Å². The molecule has 0 aliphatic rings. The van der Waals surface area contributed by atoms with Gasteiger partial charge in [0.1, 0.15) is 0 Å². The summed E-state index contributed by atoms with van der Waals surface area (Å²) in [4.78, 5) is 0. The van der Waals surface area contributed by atoms with E-state index in [2.05, 4.69) is 46.4 Å². The van der Waals surface area contributed by atoms with Crippen LogP contribution in [0, 0.1) is 0 Å². The molecule has 0 radical (unpaired) electrons. The van der Waals surface area contributed by atoms with Crippen molar-refractivity contribution in [3.8, 4) is 0 Å². The Kier molecular flexibility index (Phi) is 6.47. The number of hydrogen-bond acceptors (Lipinski definition) is 0. The molecule has 0 spiro atoms. The SMILES string of the molecule is FC(Cl)(Cl)C(F)(Cl)Cl.FC(F)(F)c1ccccc1. The van der Waals surface area contributed by atoms with Crippen LogP contribution in [-0.2, 0) is 6.18 Å². The quantitative estimate of drug-likeness (QED) is 0.437. The summed E-state index contributed by atoms with van der Waals surface area (Å²) in [6.45, 7) is 0. The van der Waals surface area contributed by atoms with Crippen molar-refractivity contribution >= 4 is 46.4 Å². The maximum absolute atomic E-state index is 11.8. The van der Waals surface area contributed by atoms with Crippen molar-refractivity contribution in [2.24, 2.45) is 0 Å². The van der Waals surface area contributed by atoms with Crippen molar-refractivity contribution in [3.63, 3.8) is 0 Å². The molecule has 104 valence electrons. The molecule has 18 heavy (non-hydrogen) atoms. The smallest absolute Gasteiger partial charge is 0.201 e. The van der Waals surface area contributed by atoms with E-state index in [9.17, 15) is 22.0 Å². The second-order valence-electron chi connectivity index (χ2n) is 2.86. The molecule has 9 heteroatoms. The minimum absolute atomic E-state index is 0.602. The molecule has 0 aliphatic heterocycles.